The molecule has 0 aliphatic rings. The summed E-state index contributed by atoms with van der Waals surface area (Å²) in [5.41, 5.74) is 7.40. The molecule has 0 aliphatic carbocycles. The number of phenols is 2. The molecule has 34 heavy (non-hydrogen) atoms. The second-order valence-corrected chi connectivity index (χ2v) is 8.90. The van der Waals surface area contributed by atoms with Crippen LogP contribution in [0, 0.1) is 0 Å². The fourth-order valence-electron chi connectivity index (χ4n) is 3.64. The molecule has 4 rings (SSSR count). The van der Waals surface area contributed by atoms with Gasteiger partial charge in [0.2, 0.25) is 0 Å². The van der Waals surface area contributed by atoms with Crippen molar-refractivity contribution in [2.24, 2.45) is 5.73 Å². The van der Waals surface area contributed by atoms with Gasteiger partial charge in [-0.25, -0.2) is 0 Å². The normalized spacial score (nSPS) is 11.1. The molecule has 4 aromatic rings. The van der Waals surface area contributed by atoms with E-state index in [0.29, 0.717) is 43.2 Å². The second kappa shape index (κ2) is 11.2. The first-order chi connectivity index (χ1) is 16.6. The monoisotopic (exact) mass is 477 g/mol. The van der Waals surface area contributed by atoms with Gasteiger partial charge in [0, 0.05) is 32.7 Å². The summed E-state index contributed by atoms with van der Waals surface area (Å²) < 4.78 is 12.0. The second-order valence-electron chi connectivity index (χ2n) is 7.84. The molecule has 4 N–H and O–H groups in total. The smallest absolute Gasteiger partial charge is 0.195 e. The van der Waals surface area contributed by atoms with E-state index in [0.717, 1.165) is 33.4 Å². The van der Waals surface area contributed by atoms with E-state index in [1.54, 1.807) is 66.7 Å². The first-order valence-corrected chi connectivity index (χ1v) is 12.0. The quantitative estimate of drug-likeness (QED) is 0.199. The van der Waals surface area contributed by atoms with Gasteiger partial charge in [-0.15, -0.1) is 11.3 Å². The number of hydrogen-bond acceptors (Lipinski definition) is 7. The summed E-state index contributed by atoms with van der Waals surface area (Å²) in [6, 6.07) is 18.8. The van der Waals surface area contributed by atoms with Crippen molar-refractivity contribution in [2.75, 3.05) is 26.4 Å². The lowest BCUT2D eigenvalue weighted by molar-refractivity contribution is 0.0976. The van der Waals surface area contributed by atoms with E-state index in [1.165, 1.54) is 11.3 Å². The summed E-state index contributed by atoms with van der Waals surface area (Å²) in [5.74, 6) is 0.859. The van der Waals surface area contributed by atoms with Gasteiger partial charge >= 0.3 is 0 Å². The van der Waals surface area contributed by atoms with E-state index in [1.807, 2.05) is 0 Å². The summed E-state index contributed by atoms with van der Waals surface area (Å²) >= 11 is 1.44. The molecule has 7 heteroatoms. The van der Waals surface area contributed by atoms with Crippen molar-refractivity contribution >= 4 is 27.2 Å². The van der Waals surface area contributed by atoms with Crippen molar-refractivity contribution in [2.45, 2.75) is 12.8 Å². The van der Waals surface area contributed by atoms with Crippen LogP contribution in [0.2, 0.25) is 0 Å². The van der Waals surface area contributed by atoms with E-state index in [4.69, 9.17) is 15.2 Å². The number of benzene rings is 3. The fourth-order valence-corrected chi connectivity index (χ4v) is 4.88. The Morgan fingerprint density at radius 1 is 0.853 bits per heavy atom. The predicted molar refractivity (Wildman–Crippen MR) is 135 cm³/mol. The topological polar surface area (TPSA) is 102 Å². The third kappa shape index (κ3) is 5.56. The van der Waals surface area contributed by atoms with Crippen LogP contribution in [0.15, 0.2) is 66.7 Å². The molecule has 0 saturated carbocycles. The molecule has 1 heterocycles. The van der Waals surface area contributed by atoms with Crippen LogP contribution < -0.4 is 10.5 Å². The summed E-state index contributed by atoms with van der Waals surface area (Å²) in [6.45, 7) is 2.27. The molecule has 0 atom stereocenters. The largest absolute Gasteiger partial charge is 0.508 e. The average Bonchev–Trinajstić information content (AvgIpc) is 3.22. The number of unbranched alkanes of at least 4 members (excludes halogenated alkanes) is 1. The van der Waals surface area contributed by atoms with E-state index >= 15 is 0 Å². The van der Waals surface area contributed by atoms with Crippen LogP contribution in [-0.4, -0.2) is 42.4 Å². The SMILES string of the molecule is NCCCCOCCOc1ccc(C(=O)c2c(-c3ccc(O)cc3)sc3cc(O)ccc23)cc1. The van der Waals surface area contributed by atoms with Crippen LogP contribution in [0.1, 0.15) is 28.8 Å². The lowest BCUT2D eigenvalue weighted by Crippen LogP contribution is -2.09. The molecule has 0 spiro atoms. The number of nitrogens with two attached hydrogens (primary N) is 1. The highest BCUT2D eigenvalue weighted by molar-refractivity contribution is 7.22. The van der Waals surface area contributed by atoms with Crippen LogP contribution >= 0.6 is 11.3 Å². The first-order valence-electron chi connectivity index (χ1n) is 11.2. The Morgan fingerprint density at radius 2 is 1.59 bits per heavy atom. The van der Waals surface area contributed by atoms with Crippen molar-refractivity contribution in [1.82, 2.24) is 0 Å². The number of ether oxygens (including phenoxy) is 2. The van der Waals surface area contributed by atoms with Crippen molar-refractivity contribution < 1.29 is 24.5 Å². The predicted octanol–water partition coefficient (Wildman–Crippen LogP) is 5.34. The Labute approximate surface area is 202 Å². The molecule has 0 fully saturated rings. The molecule has 0 radical (unpaired) electrons. The number of phenolic OH excluding ortho intramolecular Hbond substituents is 2. The van der Waals surface area contributed by atoms with E-state index in [9.17, 15) is 15.0 Å². The fraction of sp³-hybridized carbons (Fsp3) is 0.222. The number of carbonyl (C=O) groups excluding carboxylic acids is 1. The molecule has 0 saturated heterocycles. The van der Waals surface area contributed by atoms with Crippen LogP contribution in [-0.2, 0) is 4.74 Å². The molecule has 1 aromatic heterocycles. The molecular weight excluding hydrogens is 450 g/mol. The van der Waals surface area contributed by atoms with E-state index in [-0.39, 0.29) is 17.3 Å². The molecule has 0 unspecified atom stereocenters. The van der Waals surface area contributed by atoms with Gasteiger partial charge in [0.25, 0.3) is 0 Å². The third-order valence-electron chi connectivity index (χ3n) is 5.39. The van der Waals surface area contributed by atoms with Gasteiger partial charge in [-0.2, -0.15) is 0 Å². The van der Waals surface area contributed by atoms with Crippen molar-refractivity contribution in [3.05, 3.63) is 77.9 Å². The van der Waals surface area contributed by atoms with Crippen LogP contribution in [0.3, 0.4) is 0 Å². The minimum absolute atomic E-state index is 0.116. The van der Waals surface area contributed by atoms with Gasteiger partial charge in [-0.1, -0.05) is 0 Å². The van der Waals surface area contributed by atoms with Crippen LogP contribution in [0.5, 0.6) is 17.2 Å². The summed E-state index contributed by atoms with van der Waals surface area (Å²) in [7, 11) is 0. The molecule has 3 aromatic carbocycles. The van der Waals surface area contributed by atoms with Gasteiger partial charge in [0.15, 0.2) is 5.78 Å². The summed E-state index contributed by atoms with van der Waals surface area (Å²) in [5, 5.41) is 20.4. The van der Waals surface area contributed by atoms with Gasteiger partial charge in [-0.3, -0.25) is 4.79 Å². The number of fused-ring (bicyclic) bond motifs is 1. The Kier molecular flexibility index (Phi) is 7.80. The third-order valence-corrected chi connectivity index (χ3v) is 6.59. The van der Waals surface area contributed by atoms with Crippen LogP contribution in [0.4, 0.5) is 0 Å². The summed E-state index contributed by atoms with van der Waals surface area (Å²) in [6.07, 6.45) is 1.89. The average molecular weight is 478 g/mol. The summed E-state index contributed by atoms with van der Waals surface area (Å²) in [4.78, 5) is 14.4. The number of aromatic hydroxyl groups is 2. The highest BCUT2D eigenvalue weighted by atomic mass is 32.1. The zero-order valence-corrected chi connectivity index (χ0v) is 19.5. The van der Waals surface area contributed by atoms with Gasteiger partial charge in [0.05, 0.1) is 6.61 Å². The number of thiophene rings is 1. The van der Waals surface area contributed by atoms with Crippen molar-refractivity contribution in [1.29, 1.82) is 0 Å². The van der Waals surface area contributed by atoms with Gasteiger partial charge < -0.3 is 25.4 Å². The standard InChI is InChI=1S/C27H27NO5S/c28-13-1-2-14-32-15-16-33-22-10-5-18(6-11-22)26(31)25-23-12-9-21(30)17-24(23)34-27(25)19-3-7-20(29)8-4-19/h3-12,17,29-30H,1-2,13-16,28H2. The molecular formula is C27H27NO5S. The zero-order chi connectivity index (χ0) is 23.9. The Bertz CT molecular complexity index is 1250. The molecule has 0 aliphatic heterocycles. The highest BCUT2D eigenvalue weighted by Gasteiger charge is 2.22. The first kappa shape index (κ1) is 23.8. The maximum Gasteiger partial charge on any atom is 0.195 e. The number of carbonyl (C=O) groups is 1. The molecule has 0 bridgehead atoms. The molecule has 176 valence electrons. The minimum atomic E-state index is -0.116. The van der Waals surface area contributed by atoms with E-state index in [2.05, 4.69) is 0 Å². The van der Waals surface area contributed by atoms with Crippen LogP contribution in [0.25, 0.3) is 20.5 Å². The van der Waals surface area contributed by atoms with Crippen molar-refractivity contribution in [3.63, 3.8) is 0 Å². The minimum Gasteiger partial charge on any atom is -0.508 e. The van der Waals surface area contributed by atoms with Crippen molar-refractivity contribution in [3.8, 4) is 27.7 Å². The Hall–Kier alpha value is -3.39. The zero-order valence-electron chi connectivity index (χ0n) is 18.7. The maximum atomic E-state index is 13.6. The lowest BCUT2D eigenvalue weighted by Gasteiger charge is -2.09. The molecule has 6 nitrogen and oxygen atoms in total. The molecule has 0 amide bonds. The maximum absolute atomic E-state index is 13.6. The number of rotatable bonds is 11. The Balaban J connectivity index is 1.53. The number of ketones is 1. The van der Waals surface area contributed by atoms with E-state index < -0.39 is 0 Å². The Morgan fingerprint density at radius 3 is 2.32 bits per heavy atom. The lowest BCUT2D eigenvalue weighted by atomic mass is 9.97. The van der Waals surface area contributed by atoms with Gasteiger partial charge in [0.1, 0.15) is 23.9 Å². The highest BCUT2D eigenvalue weighted by Crippen LogP contribution is 2.41. The number of hydrogen-bond donors (Lipinski definition) is 3. The van der Waals surface area contributed by atoms with Gasteiger partial charge in [-0.05, 0) is 91.7 Å².